The third-order valence-electron chi connectivity index (χ3n) is 2.97. The van der Waals surface area contributed by atoms with Crippen LogP contribution in [-0.2, 0) is 14.4 Å². The van der Waals surface area contributed by atoms with Gasteiger partial charge in [-0.15, -0.1) is 11.8 Å². The maximum atomic E-state index is 11.4. The van der Waals surface area contributed by atoms with Crippen molar-refractivity contribution in [1.82, 2.24) is 5.32 Å². The molecule has 0 heterocycles. The zero-order valence-electron chi connectivity index (χ0n) is 16.8. The summed E-state index contributed by atoms with van der Waals surface area (Å²) in [6, 6.07) is -1.36. The third-order valence-corrected chi connectivity index (χ3v) is 4.03. The van der Waals surface area contributed by atoms with Gasteiger partial charge >= 0.3 is 5.97 Å². The minimum Gasteiger partial charge on any atom is -0.480 e. The van der Waals surface area contributed by atoms with Crippen molar-refractivity contribution >= 4 is 29.4 Å². The summed E-state index contributed by atoms with van der Waals surface area (Å²) in [4.78, 5) is 32.8. The molecule has 6 N–H and O–H groups in total. The Morgan fingerprint density at radius 2 is 1.62 bits per heavy atom. The summed E-state index contributed by atoms with van der Waals surface area (Å²) >= 11 is 1.31. The molecule has 0 aliphatic rings. The summed E-state index contributed by atoms with van der Waals surface area (Å²) in [5.74, 6) is -0.528. The van der Waals surface area contributed by atoms with Gasteiger partial charge in [-0.05, 0) is 40.0 Å². The number of nitrogens with two attached hydrogens (primary N) is 2. The highest BCUT2D eigenvalue weighted by atomic mass is 32.2. The van der Waals surface area contributed by atoms with E-state index in [4.69, 9.17) is 16.6 Å². The van der Waals surface area contributed by atoms with Gasteiger partial charge in [0, 0.05) is 12.3 Å². The molecule has 0 radical (unpaired) electrons. The number of carbonyl (C=O) groups excluding carboxylic acids is 2. The highest BCUT2D eigenvalue weighted by Gasteiger charge is 2.11. The molecule has 154 valence electrons. The summed E-state index contributed by atoms with van der Waals surface area (Å²) in [6.07, 6.45) is 5.73. The number of hydrogen-bond acceptors (Lipinski definition) is 6. The van der Waals surface area contributed by atoms with E-state index in [0.717, 1.165) is 0 Å². The molecule has 26 heavy (non-hydrogen) atoms. The molecular weight excluding hydrogens is 354 g/mol. The molecule has 2 atom stereocenters. The van der Waals surface area contributed by atoms with Crippen molar-refractivity contribution in [1.29, 1.82) is 0 Å². The SMILES string of the molecule is C/C=C/C.CC.CC(=O)[C@@H](N)CSCC(=O)NCCCC[C@H](N)C(=O)O. The van der Waals surface area contributed by atoms with Gasteiger partial charge in [0.05, 0.1) is 11.8 Å². The Balaban J connectivity index is -0.000000769. The molecule has 0 aliphatic carbocycles. The van der Waals surface area contributed by atoms with Crippen LogP contribution in [0.2, 0.25) is 0 Å². The molecule has 0 saturated carbocycles. The zero-order chi connectivity index (χ0) is 21.0. The van der Waals surface area contributed by atoms with Crippen molar-refractivity contribution in [3.8, 4) is 0 Å². The number of ketones is 1. The second kappa shape index (κ2) is 21.7. The number of rotatable bonds is 11. The van der Waals surface area contributed by atoms with Crippen LogP contribution in [0.1, 0.15) is 53.9 Å². The molecule has 0 aromatic carbocycles. The average Bonchev–Trinajstić information content (AvgIpc) is 2.62. The van der Waals surface area contributed by atoms with Crippen molar-refractivity contribution in [2.75, 3.05) is 18.1 Å². The number of carboxylic acids is 1. The molecule has 0 fully saturated rings. The number of nitrogens with one attached hydrogen (secondary N) is 1. The summed E-state index contributed by atoms with van der Waals surface area (Å²) in [6.45, 7) is 9.91. The van der Waals surface area contributed by atoms with Gasteiger partial charge in [0.15, 0.2) is 0 Å². The van der Waals surface area contributed by atoms with E-state index >= 15 is 0 Å². The number of Topliss-reactive ketones (excluding diaryl/α,β-unsaturated/α-hetero) is 1. The van der Waals surface area contributed by atoms with Crippen molar-refractivity contribution in [2.45, 2.75) is 66.0 Å². The van der Waals surface area contributed by atoms with E-state index in [1.807, 2.05) is 39.8 Å². The molecule has 0 bridgehead atoms. The normalized spacial score (nSPS) is 12.1. The Morgan fingerprint density at radius 3 is 2.04 bits per heavy atom. The fourth-order valence-electron chi connectivity index (χ4n) is 1.29. The number of carboxylic acid groups (broad SMARTS) is 1. The lowest BCUT2D eigenvalue weighted by Gasteiger charge is -2.08. The van der Waals surface area contributed by atoms with E-state index in [2.05, 4.69) is 5.32 Å². The summed E-state index contributed by atoms with van der Waals surface area (Å²) in [5, 5.41) is 11.3. The van der Waals surface area contributed by atoms with Gasteiger partial charge in [-0.25, -0.2) is 0 Å². The summed E-state index contributed by atoms with van der Waals surface area (Å²) in [5.41, 5.74) is 10.9. The van der Waals surface area contributed by atoms with Crippen molar-refractivity contribution < 1.29 is 19.5 Å². The van der Waals surface area contributed by atoms with E-state index < -0.39 is 18.1 Å². The first-order valence-electron chi connectivity index (χ1n) is 8.92. The zero-order valence-corrected chi connectivity index (χ0v) is 17.6. The predicted molar refractivity (Wildman–Crippen MR) is 110 cm³/mol. The number of aliphatic carboxylic acids is 1. The van der Waals surface area contributed by atoms with E-state index in [0.29, 0.717) is 31.6 Å². The molecular formula is C18H37N3O4S. The largest absolute Gasteiger partial charge is 0.480 e. The maximum absolute atomic E-state index is 11.4. The Hall–Kier alpha value is -1.38. The van der Waals surface area contributed by atoms with E-state index in [1.54, 1.807) is 0 Å². The van der Waals surface area contributed by atoms with Crippen LogP contribution < -0.4 is 16.8 Å². The predicted octanol–water partition coefficient (Wildman–Crippen LogP) is 1.94. The van der Waals surface area contributed by atoms with Crippen molar-refractivity contribution in [2.24, 2.45) is 11.5 Å². The monoisotopic (exact) mass is 391 g/mol. The maximum Gasteiger partial charge on any atom is 0.320 e. The van der Waals surface area contributed by atoms with Crippen LogP contribution in [0.3, 0.4) is 0 Å². The Morgan fingerprint density at radius 1 is 1.08 bits per heavy atom. The second-order valence-corrected chi connectivity index (χ2v) is 6.22. The van der Waals surface area contributed by atoms with Gasteiger partial charge in [0.2, 0.25) is 5.91 Å². The van der Waals surface area contributed by atoms with Gasteiger partial charge in [-0.2, -0.15) is 0 Å². The average molecular weight is 392 g/mol. The van der Waals surface area contributed by atoms with E-state index in [9.17, 15) is 14.4 Å². The van der Waals surface area contributed by atoms with Gasteiger partial charge < -0.3 is 21.9 Å². The Bertz CT molecular complexity index is 400. The van der Waals surface area contributed by atoms with Crippen LogP contribution in [0.4, 0.5) is 0 Å². The number of carbonyl (C=O) groups is 3. The number of thioether (sulfide) groups is 1. The first-order chi connectivity index (χ1) is 12.3. The first-order valence-corrected chi connectivity index (χ1v) is 10.1. The van der Waals surface area contributed by atoms with Crippen molar-refractivity contribution in [3.05, 3.63) is 12.2 Å². The summed E-state index contributed by atoms with van der Waals surface area (Å²) < 4.78 is 0. The number of hydrogen-bond donors (Lipinski definition) is 4. The van der Waals surface area contributed by atoms with Crippen LogP contribution in [0, 0.1) is 0 Å². The minimum atomic E-state index is -1.01. The lowest BCUT2D eigenvalue weighted by Crippen LogP contribution is -2.32. The highest BCUT2D eigenvalue weighted by molar-refractivity contribution is 8.00. The fourth-order valence-corrected chi connectivity index (χ4v) is 2.18. The highest BCUT2D eigenvalue weighted by Crippen LogP contribution is 2.02. The molecule has 0 aromatic heterocycles. The van der Waals surface area contributed by atoms with Crippen LogP contribution in [0.5, 0.6) is 0 Å². The lowest BCUT2D eigenvalue weighted by atomic mass is 10.1. The molecule has 0 rings (SSSR count). The van der Waals surface area contributed by atoms with Crippen LogP contribution >= 0.6 is 11.8 Å². The van der Waals surface area contributed by atoms with E-state index in [-0.39, 0.29) is 17.4 Å². The Labute approximate surface area is 162 Å². The lowest BCUT2D eigenvalue weighted by molar-refractivity contribution is -0.138. The number of amides is 1. The Kier molecular flexibility index (Phi) is 24.5. The minimum absolute atomic E-state index is 0.0901. The quantitative estimate of drug-likeness (QED) is 0.312. The second-order valence-electron chi connectivity index (χ2n) is 5.19. The van der Waals surface area contributed by atoms with Gasteiger partial charge in [-0.1, -0.05) is 26.0 Å². The molecule has 8 heteroatoms. The number of allylic oxidation sites excluding steroid dienone is 2. The van der Waals surface area contributed by atoms with Gasteiger partial charge in [0.1, 0.15) is 11.8 Å². The van der Waals surface area contributed by atoms with Gasteiger partial charge in [-0.3, -0.25) is 14.4 Å². The van der Waals surface area contributed by atoms with Crippen molar-refractivity contribution in [3.63, 3.8) is 0 Å². The molecule has 0 unspecified atom stereocenters. The van der Waals surface area contributed by atoms with Crippen LogP contribution in [0.15, 0.2) is 12.2 Å². The number of unbranched alkanes of at least 4 members (excludes halogenated alkanes) is 1. The third kappa shape index (κ3) is 22.6. The molecule has 0 aliphatic heterocycles. The fraction of sp³-hybridized carbons (Fsp3) is 0.722. The van der Waals surface area contributed by atoms with Crippen LogP contribution in [0.25, 0.3) is 0 Å². The van der Waals surface area contributed by atoms with E-state index in [1.165, 1.54) is 18.7 Å². The molecule has 0 saturated heterocycles. The molecule has 0 aromatic rings. The smallest absolute Gasteiger partial charge is 0.320 e. The standard InChI is InChI=1S/C12H23N3O4S.C4H8.C2H6/c1-8(16)10(14)6-20-7-11(17)15-5-3-2-4-9(13)12(18)19;1-3-4-2;1-2/h9-10H,2-7,13-14H2,1H3,(H,15,17)(H,18,19);3-4H,1-2H3;1-2H3/b;4-3+;/t9-,10-;;/m0../s1. The van der Waals surface area contributed by atoms with Crippen LogP contribution in [-0.4, -0.2) is 52.9 Å². The molecule has 0 spiro atoms. The first kappa shape index (κ1) is 29.4. The van der Waals surface area contributed by atoms with Gasteiger partial charge in [0.25, 0.3) is 0 Å². The molecule has 1 amide bonds. The topological polar surface area (TPSA) is 136 Å². The molecule has 7 nitrogen and oxygen atoms in total. The summed E-state index contributed by atoms with van der Waals surface area (Å²) in [7, 11) is 0.